The van der Waals surface area contributed by atoms with Gasteiger partial charge in [0.25, 0.3) is 0 Å². The number of hydrogen-bond acceptors (Lipinski definition) is 1. The van der Waals surface area contributed by atoms with E-state index >= 15 is 0 Å². The number of carboxylic acids is 1. The van der Waals surface area contributed by atoms with Crippen molar-refractivity contribution in [2.75, 3.05) is 0 Å². The molecule has 0 bridgehead atoms. The van der Waals surface area contributed by atoms with Gasteiger partial charge in [0.2, 0.25) is 0 Å². The molecule has 1 rings (SSSR count). The minimum absolute atomic E-state index is 0.466. The molecule has 0 unspecified atom stereocenters. The summed E-state index contributed by atoms with van der Waals surface area (Å²) in [6.07, 6.45) is 7.00. The number of carboxylic acid groups (broad SMARTS) is 1. The molecule has 0 saturated carbocycles. The molecule has 0 aliphatic heterocycles. The molecule has 0 aliphatic carbocycles. The summed E-state index contributed by atoms with van der Waals surface area (Å²) in [7, 11) is 0. The second kappa shape index (κ2) is 7.98. The molecular formula is C17H26O2. The van der Waals surface area contributed by atoms with Crippen LogP contribution in [0, 0.1) is 12.8 Å². The van der Waals surface area contributed by atoms with Gasteiger partial charge in [-0.15, -0.1) is 0 Å². The van der Waals surface area contributed by atoms with Gasteiger partial charge in [-0.1, -0.05) is 57.2 Å². The highest BCUT2D eigenvalue weighted by molar-refractivity contribution is 5.89. The van der Waals surface area contributed by atoms with Crippen molar-refractivity contribution in [2.24, 2.45) is 5.92 Å². The van der Waals surface area contributed by atoms with Gasteiger partial charge in [0.05, 0.1) is 5.56 Å². The second-order valence-corrected chi connectivity index (χ2v) is 5.81. The van der Waals surface area contributed by atoms with Crippen LogP contribution in [0.25, 0.3) is 0 Å². The molecule has 106 valence electrons. The molecule has 0 heterocycles. The van der Waals surface area contributed by atoms with Gasteiger partial charge >= 0.3 is 5.97 Å². The lowest BCUT2D eigenvalue weighted by Crippen LogP contribution is -2.03. The lowest BCUT2D eigenvalue weighted by molar-refractivity contribution is 0.0695. The topological polar surface area (TPSA) is 37.3 Å². The SMILES string of the molecule is Cc1ccc(C(=O)O)c(CCCCCCC(C)C)c1. The van der Waals surface area contributed by atoms with Crippen LogP contribution < -0.4 is 0 Å². The lowest BCUT2D eigenvalue weighted by atomic mass is 9.98. The highest BCUT2D eigenvalue weighted by atomic mass is 16.4. The Labute approximate surface area is 116 Å². The van der Waals surface area contributed by atoms with Gasteiger partial charge in [-0.05, 0) is 37.3 Å². The predicted molar refractivity (Wildman–Crippen MR) is 79.8 cm³/mol. The highest BCUT2D eigenvalue weighted by Gasteiger charge is 2.09. The van der Waals surface area contributed by atoms with Gasteiger partial charge in [-0.2, -0.15) is 0 Å². The quantitative estimate of drug-likeness (QED) is 0.680. The lowest BCUT2D eigenvalue weighted by Gasteiger charge is -2.08. The summed E-state index contributed by atoms with van der Waals surface area (Å²) in [5.74, 6) is -0.0230. The van der Waals surface area contributed by atoms with E-state index in [2.05, 4.69) is 13.8 Å². The van der Waals surface area contributed by atoms with Crippen LogP contribution >= 0.6 is 0 Å². The van der Waals surface area contributed by atoms with Crippen LogP contribution in [0.15, 0.2) is 18.2 Å². The monoisotopic (exact) mass is 262 g/mol. The number of benzene rings is 1. The van der Waals surface area contributed by atoms with Crippen molar-refractivity contribution in [3.05, 3.63) is 34.9 Å². The molecule has 0 amide bonds. The number of unbranched alkanes of at least 4 members (excludes halogenated alkanes) is 3. The molecule has 0 fully saturated rings. The third kappa shape index (κ3) is 5.91. The Balaban J connectivity index is 2.40. The zero-order valence-electron chi connectivity index (χ0n) is 12.4. The Morgan fingerprint density at radius 3 is 2.47 bits per heavy atom. The summed E-state index contributed by atoms with van der Waals surface area (Å²) >= 11 is 0. The van der Waals surface area contributed by atoms with E-state index in [0.717, 1.165) is 29.9 Å². The van der Waals surface area contributed by atoms with E-state index < -0.39 is 5.97 Å². The van der Waals surface area contributed by atoms with Gasteiger partial charge in [0.1, 0.15) is 0 Å². The van der Waals surface area contributed by atoms with Gasteiger partial charge < -0.3 is 5.11 Å². The number of hydrogen-bond donors (Lipinski definition) is 1. The molecule has 0 saturated heterocycles. The highest BCUT2D eigenvalue weighted by Crippen LogP contribution is 2.16. The first-order valence-corrected chi connectivity index (χ1v) is 7.33. The Hall–Kier alpha value is -1.31. The molecule has 2 nitrogen and oxygen atoms in total. The van der Waals surface area contributed by atoms with Crippen molar-refractivity contribution in [1.82, 2.24) is 0 Å². The predicted octanol–water partition coefficient (Wildman–Crippen LogP) is 4.84. The molecule has 2 heteroatoms. The maximum absolute atomic E-state index is 11.1. The van der Waals surface area contributed by atoms with Crippen LogP contribution in [0.5, 0.6) is 0 Å². The van der Waals surface area contributed by atoms with Crippen LogP contribution in [-0.2, 0) is 6.42 Å². The van der Waals surface area contributed by atoms with Crippen LogP contribution in [0.2, 0.25) is 0 Å². The van der Waals surface area contributed by atoms with Gasteiger partial charge in [0.15, 0.2) is 0 Å². The number of aromatic carboxylic acids is 1. The van der Waals surface area contributed by atoms with Crippen LogP contribution in [0.1, 0.15) is 67.4 Å². The standard InChI is InChI=1S/C17H26O2/c1-13(2)8-6-4-5-7-9-15-12-14(3)10-11-16(15)17(18)19/h10-13H,4-9H2,1-3H3,(H,18,19). The van der Waals surface area contributed by atoms with Crippen LogP contribution in [0.3, 0.4) is 0 Å². The fraction of sp³-hybridized carbons (Fsp3) is 0.588. The van der Waals surface area contributed by atoms with Crippen molar-refractivity contribution in [1.29, 1.82) is 0 Å². The zero-order valence-corrected chi connectivity index (χ0v) is 12.4. The number of carbonyl (C=O) groups is 1. The maximum atomic E-state index is 11.1. The third-order valence-electron chi connectivity index (χ3n) is 3.47. The van der Waals surface area contributed by atoms with E-state index in [1.807, 2.05) is 19.1 Å². The molecule has 19 heavy (non-hydrogen) atoms. The average molecular weight is 262 g/mol. The van der Waals surface area contributed by atoms with E-state index in [4.69, 9.17) is 5.11 Å². The largest absolute Gasteiger partial charge is 0.478 e. The van der Waals surface area contributed by atoms with E-state index in [9.17, 15) is 4.79 Å². The van der Waals surface area contributed by atoms with Gasteiger partial charge in [-0.3, -0.25) is 0 Å². The fourth-order valence-corrected chi connectivity index (χ4v) is 2.36. The molecule has 0 spiro atoms. The molecule has 0 atom stereocenters. The normalized spacial score (nSPS) is 10.9. The van der Waals surface area contributed by atoms with Gasteiger partial charge in [0, 0.05) is 0 Å². The average Bonchev–Trinajstić information content (AvgIpc) is 2.33. The van der Waals surface area contributed by atoms with Crippen molar-refractivity contribution in [3.63, 3.8) is 0 Å². The molecular weight excluding hydrogens is 236 g/mol. The Bertz CT molecular complexity index is 408. The second-order valence-electron chi connectivity index (χ2n) is 5.81. The summed E-state index contributed by atoms with van der Waals surface area (Å²) in [6.45, 7) is 6.52. The first kappa shape index (κ1) is 15.7. The molecule has 0 aromatic heterocycles. The third-order valence-corrected chi connectivity index (χ3v) is 3.47. The van der Waals surface area contributed by atoms with E-state index in [1.165, 1.54) is 25.7 Å². The fourth-order valence-electron chi connectivity index (χ4n) is 2.36. The van der Waals surface area contributed by atoms with Crippen molar-refractivity contribution in [2.45, 2.75) is 59.3 Å². The van der Waals surface area contributed by atoms with Crippen molar-refractivity contribution >= 4 is 5.97 Å². The first-order chi connectivity index (χ1) is 9.00. The molecule has 1 N–H and O–H groups in total. The smallest absolute Gasteiger partial charge is 0.335 e. The molecule has 0 radical (unpaired) electrons. The Morgan fingerprint density at radius 1 is 1.16 bits per heavy atom. The maximum Gasteiger partial charge on any atom is 0.335 e. The minimum atomic E-state index is -0.810. The zero-order chi connectivity index (χ0) is 14.3. The van der Waals surface area contributed by atoms with Crippen molar-refractivity contribution in [3.8, 4) is 0 Å². The summed E-state index contributed by atoms with van der Waals surface area (Å²) in [6, 6.07) is 5.61. The van der Waals surface area contributed by atoms with Gasteiger partial charge in [-0.25, -0.2) is 4.79 Å². The Morgan fingerprint density at radius 2 is 1.84 bits per heavy atom. The Kier molecular flexibility index (Phi) is 6.61. The summed E-state index contributed by atoms with van der Waals surface area (Å²) in [5.41, 5.74) is 2.59. The number of aryl methyl sites for hydroxylation is 2. The van der Waals surface area contributed by atoms with Crippen molar-refractivity contribution < 1.29 is 9.90 Å². The summed E-state index contributed by atoms with van der Waals surface area (Å²) in [4.78, 5) is 11.1. The van der Waals surface area contributed by atoms with Crippen LogP contribution in [0.4, 0.5) is 0 Å². The number of rotatable bonds is 8. The molecule has 1 aromatic carbocycles. The molecule has 0 aliphatic rings. The van der Waals surface area contributed by atoms with E-state index in [-0.39, 0.29) is 0 Å². The molecule has 1 aromatic rings. The van der Waals surface area contributed by atoms with E-state index in [1.54, 1.807) is 6.07 Å². The van der Waals surface area contributed by atoms with Crippen LogP contribution in [-0.4, -0.2) is 11.1 Å². The minimum Gasteiger partial charge on any atom is -0.478 e. The summed E-state index contributed by atoms with van der Waals surface area (Å²) in [5, 5.41) is 9.16. The summed E-state index contributed by atoms with van der Waals surface area (Å²) < 4.78 is 0. The van der Waals surface area contributed by atoms with E-state index in [0.29, 0.717) is 5.56 Å². The first-order valence-electron chi connectivity index (χ1n) is 7.33.